The summed E-state index contributed by atoms with van der Waals surface area (Å²) in [5, 5.41) is 1.18. The maximum Gasteiger partial charge on any atom is 0.338 e. The fourth-order valence-electron chi connectivity index (χ4n) is 4.68. The van der Waals surface area contributed by atoms with Crippen molar-refractivity contribution < 1.29 is 19.0 Å². The van der Waals surface area contributed by atoms with Crippen molar-refractivity contribution in [3.05, 3.63) is 124 Å². The van der Waals surface area contributed by atoms with Gasteiger partial charge in [0.05, 0.1) is 35.1 Å². The summed E-state index contributed by atoms with van der Waals surface area (Å²) in [5.74, 6) is 0.597. The van der Waals surface area contributed by atoms with Crippen LogP contribution in [0.1, 0.15) is 43.5 Å². The monoisotopic (exact) mass is 622 g/mol. The Bertz CT molecular complexity index is 1840. The maximum atomic E-state index is 13.9. The Balaban J connectivity index is 1.55. The zero-order valence-electron chi connectivity index (χ0n) is 23.2. The van der Waals surface area contributed by atoms with E-state index in [4.69, 9.17) is 37.4 Å². The normalized spacial score (nSPS) is 14.8. The summed E-state index contributed by atoms with van der Waals surface area (Å²) >= 11 is 13.7. The van der Waals surface area contributed by atoms with Gasteiger partial charge in [-0.25, -0.2) is 9.79 Å². The number of aromatic nitrogens is 1. The van der Waals surface area contributed by atoms with Crippen LogP contribution in [0.15, 0.2) is 87.8 Å². The van der Waals surface area contributed by atoms with Crippen LogP contribution in [-0.2, 0) is 16.1 Å². The fourth-order valence-corrected chi connectivity index (χ4v) is 6.04. The minimum atomic E-state index is -0.709. The van der Waals surface area contributed by atoms with Gasteiger partial charge in [-0.2, -0.15) is 0 Å². The lowest BCUT2D eigenvalue weighted by Gasteiger charge is -2.24. The standard InChI is InChI=1S/C32H28Cl2N2O5S/c1-4-39-26-16-20(10-15-25(26)41-18-22-8-6-7-9-24(22)34)17-27-30(37)36-29(21-11-13-23(33)14-12-21)28(31(38)40-5-2)19(3)35-32(36)42-27/h6-17,29H,4-5,18H2,1-3H3/b27-17-/t29-/m0/s1. The largest absolute Gasteiger partial charge is 0.490 e. The second-order valence-electron chi connectivity index (χ2n) is 9.37. The second-order valence-corrected chi connectivity index (χ2v) is 11.2. The predicted molar refractivity (Wildman–Crippen MR) is 165 cm³/mol. The Morgan fingerprint density at radius 1 is 1.00 bits per heavy atom. The van der Waals surface area contributed by atoms with E-state index >= 15 is 0 Å². The number of halogens is 2. The van der Waals surface area contributed by atoms with E-state index in [1.54, 1.807) is 48.8 Å². The molecule has 3 aromatic carbocycles. The number of hydrogen-bond acceptors (Lipinski definition) is 7. The first kappa shape index (κ1) is 29.6. The number of benzene rings is 3. The van der Waals surface area contributed by atoms with Crippen molar-refractivity contribution in [2.24, 2.45) is 4.99 Å². The SMILES string of the molecule is CCOC(=O)C1=C(C)N=c2s/c(=C\c3ccc(OCc4ccccc4Cl)c(OCC)c3)c(=O)n2[C@H]1c1ccc(Cl)cc1. The molecule has 0 saturated heterocycles. The van der Waals surface area contributed by atoms with Crippen LogP contribution in [0.25, 0.3) is 6.08 Å². The number of allylic oxidation sites excluding steroid dienone is 1. The molecule has 1 aliphatic rings. The molecule has 1 atom stereocenters. The molecule has 0 saturated carbocycles. The molecule has 1 aliphatic heterocycles. The highest BCUT2D eigenvalue weighted by Crippen LogP contribution is 2.32. The Labute approximate surface area is 256 Å². The van der Waals surface area contributed by atoms with Gasteiger partial charge in [0, 0.05) is 15.6 Å². The molecule has 0 N–H and O–H groups in total. The van der Waals surface area contributed by atoms with Gasteiger partial charge in [0.25, 0.3) is 5.56 Å². The molecule has 0 bridgehead atoms. The topological polar surface area (TPSA) is 79.1 Å². The molecule has 4 aromatic rings. The van der Waals surface area contributed by atoms with Gasteiger partial charge in [-0.3, -0.25) is 9.36 Å². The molecule has 1 aromatic heterocycles. The molecular formula is C32H28Cl2N2O5S. The zero-order valence-corrected chi connectivity index (χ0v) is 25.6. The average Bonchev–Trinajstić information content (AvgIpc) is 3.27. The minimum Gasteiger partial charge on any atom is -0.490 e. The van der Waals surface area contributed by atoms with Crippen molar-refractivity contribution in [1.82, 2.24) is 4.57 Å². The van der Waals surface area contributed by atoms with E-state index in [2.05, 4.69) is 4.99 Å². The number of hydrogen-bond donors (Lipinski definition) is 0. The highest BCUT2D eigenvalue weighted by Gasteiger charge is 2.33. The first-order chi connectivity index (χ1) is 20.3. The van der Waals surface area contributed by atoms with Gasteiger partial charge in [-0.1, -0.05) is 70.9 Å². The third kappa shape index (κ3) is 6.16. The van der Waals surface area contributed by atoms with E-state index in [9.17, 15) is 9.59 Å². The van der Waals surface area contributed by atoms with Crippen molar-refractivity contribution in [2.45, 2.75) is 33.4 Å². The van der Waals surface area contributed by atoms with Crippen LogP contribution < -0.4 is 24.4 Å². The lowest BCUT2D eigenvalue weighted by atomic mass is 9.96. The van der Waals surface area contributed by atoms with Gasteiger partial charge in [0.15, 0.2) is 16.3 Å². The van der Waals surface area contributed by atoms with Crippen LogP contribution >= 0.6 is 34.5 Å². The van der Waals surface area contributed by atoms with Gasteiger partial charge in [0.2, 0.25) is 0 Å². The van der Waals surface area contributed by atoms with Crippen molar-refractivity contribution in [1.29, 1.82) is 0 Å². The number of ether oxygens (including phenoxy) is 3. The molecule has 0 radical (unpaired) electrons. The first-order valence-electron chi connectivity index (χ1n) is 13.4. The van der Waals surface area contributed by atoms with E-state index in [0.717, 1.165) is 16.7 Å². The van der Waals surface area contributed by atoms with Crippen LogP contribution in [-0.4, -0.2) is 23.8 Å². The van der Waals surface area contributed by atoms with Gasteiger partial charge in [-0.05, 0) is 68.3 Å². The Morgan fingerprint density at radius 2 is 1.76 bits per heavy atom. The smallest absolute Gasteiger partial charge is 0.338 e. The predicted octanol–water partition coefficient (Wildman–Crippen LogP) is 6.08. The molecule has 0 spiro atoms. The molecule has 0 unspecified atom stereocenters. The van der Waals surface area contributed by atoms with E-state index in [0.29, 0.717) is 48.8 Å². The minimum absolute atomic E-state index is 0.202. The van der Waals surface area contributed by atoms with E-state index in [-0.39, 0.29) is 18.8 Å². The van der Waals surface area contributed by atoms with E-state index in [1.165, 1.54) is 11.3 Å². The Hall–Kier alpha value is -3.85. The number of esters is 1. The van der Waals surface area contributed by atoms with Crippen LogP contribution in [0, 0.1) is 0 Å². The molecule has 216 valence electrons. The summed E-state index contributed by atoms with van der Waals surface area (Å²) < 4.78 is 19.2. The molecule has 7 nitrogen and oxygen atoms in total. The number of nitrogens with zero attached hydrogens (tertiary/aromatic N) is 2. The molecule has 5 rings (SSSR count). The number of carbonyl (C=O) groups excluding carboxylic acids is 1. The summed E-state index contributed by atoms with van der Waals surface area (Å²) in [4.78, 5) is 32.1. The van der Waals surface area contributed by atoms with Crippen molar-refractivity contribution in [3.63, 3.8) is 0 Å². The van der Waals surface area contributed by atoms with Crippen molar-refractivity contribution in [2.75, 3.05) is 13.2 Å². The maximum absolute atomic E-state index is 13.9. The summed E-state index contributed by atoms with van der Waals surface area (Å²) in [6, 6.07) is 19.4. The Morgan fingerprint density at radius 3 is 2.48 bits per heavy atom. The van der Waals surface area contributed by atoms with Crippen LogP contribution in [0.3, 0.4) is 0 Å². The average molecular weight is 624 g/mol. The molecule has 10 heteroatoms. The van der Waals surface area contributed by atoms with Gasteiger partial charge in [-0.15, -0.1) is 0 Å². The van der Waals surface area contributed by atoms with Gasteiger partial charge >= 0.3 is 5.97 Å². The highest BCUT2D eigenvalue weighted by atomic mass is 35.5. The number of fused-ring (bicyclic) bond motifs is 1. The van der Waals surface area contributed by atoms with E-state index in [1.807, 2.05) is 49.4 Å². The Kier molecular flexibility index (Phi) is 9.16. The third-order valence-corrected chi connectivity index (χ3v) is 8.21. The molecule has 42 heavy (non-hydrogen) atoms. The summed E-state index contributed by atoms with van der Waals surface area (Å²) in [6.07, 6.45) is 1.78. The lowest BCUT2D eigenvalue weighted by Crippen LogP contribution is -2.39. The zero-order chi connectivity index (χ0) is 29.8. The van der Waals surface area contributed by atoms with Crippen molar-refractivity contribution >= 4 is 46.6 Å². The molecule has 0 amide bonds. The fraction of sp³-hybridized carbons (Fsp3) is 0.219. The van der Waals surface area contributed by atoms with Crippen LogP contribution in [0.5, 0.6) is 11.5 Å². The quantitative estimate of drug-likeness (QED) is 0.211. The van der Waals surface area contributed by atoms with Gasteiger partial charge < -0.3 is 14.2 Å². The molecule has 2 heterocycles. The first-order valence-corrected chi connectivity index (χ1v) is 15.0. The van der Waals surface area contributed by atoms with Crippen molar-refractivity contribution in [3.8, 4) is 11.5 Å². The molecular weight excluding hydrogens is 595 g/mol. The van der Waals surface area contributed by atoms with Crippen LogP contribution in [0.2, 0.25) is 10.0 Å². The highest BCUT2D eigenvalue weighted by molar-refractivity contribution is 7.07. The second kappa shape index (κ2) is 13.0. The summed E-state index contributed by atoms with van der Waals surface area (Å²) in [5.41, 5.74) is 2.88. The van der Waals surface area contributed by atoms with E-state index < -0.39 is 12.0 Å². The molecule has 0 aliphatic carbocycles. The number of thiazole rings is 1. The van der Waals surface area contributed by atoms with Crippen LogP contribution in [0.4, 0.5) is 0 Å². The summed E-state index contributed by atoms with van der Waals surface area (Å²) in [7, 11) is 0. The molecule has 0 fully saturated rings. The number of carbonyl (C=O) groups is 1. The van der Waals surface area contributed by atoms with Gasteiger partial charge in [0.1, 0.15) is 6.61 Å². The lowest BCUT2D eigenvalue weighted by molar-refractivity contribution is -0.139. The number of rotatable bonds is 9. The third-order valence-electron chi connectivity index (χ3n) is 6.61. The summed E-state index contributed by atoms with van der Waals surface area (Å²) in [6.45, 7) is 6.30.